The predicted molar refractivity (Wildman–Crippen MR) is 61.8 cm³/mol. The van der Waals surface area contributed by atoms with Crippen LogP contribution in [0.15, 0.2) is 18.3 Å². The SMILES string of the molecule is CCc1ccc(CN2CCNCC2)nc1. The van der Waals surface area contributed by atoms with Crippen LogP contribution in [0.1, 0.15) is 18.2 Å². The molecule has 1 aromatic rings. The number of nitrogens with zero attached hydrogens (tertiary/aromatic N) is 2. The van der Waals surface area contributed by atoms with Crippen LogP contribution in [0.2, 0.25) is 0 Å². The quantitative estimate of drug-likeness (QED) is 0.799. The fraction of sp³-hybridized carbons (Fsp3) is 0.583. The van der Waals surface area contributed by atoms with Gasteiger partial charge in [0.2, 0.25) is 0 Å². The molecule has 82 valence electrons. The van der Waals surface area contributed by atoms with Crippen molar-refractivity contribution in [1.29, 1.82) is 0 Å². The van der Waals surface area contributed by atoms with Crippen molar-refractivity contribution < 1.29 is 0 Å². The summed E-state index contributed by atoms with van der Waals surface area (Å²) < 4.78 is 0. The molecule has 0 radical (unpaired) electrons. The third kappa shape index (κ3) is 3.01. The van der Waals surface area contributed by atoms with Gasteiger partial charge < -0.3 is 5.32 Å². The van der Waals surface area contributed by atoms with E-state index in [4.69, 9.17) is 0 Å². The average Bonchev–Trinajstić information content (AvgIpc) is 2.31. The number of aryl methyl sites for hydroxylation is 1. The number of hydrogen-bond acceptors (Lipinski definition) is 3. The number of piperazine rings is 1. The Bertz CT molecular complexity index is 288. The Morgan fingerprint density at radius 2 is 2.13 bits per heavy atom. The summed E-state index contributed by atoms with van der Waals surface area (Å²) >= 11 is 0. The number of pyridine rings is 1. The van der Waals surface area contributed by atoms with E-state index in [1.807, 2.05) is 6.20 Å². The molecule has 1 N–H and O–H groups in total. The monoisotopic (exact) mass is 205 g/mol. The van der Waals surface area contributed by atoms with Gasteiger partial charge in [0.15, 0.2) is 0 Å². The molecule has 0 bridgehead atoms. The molecule has 0 spiro atoms. The Balaban J connectivity index is 1.91. The first kappa shape index (κ1) is 10.6. The van der Waals surface area contributed by atoms with Crippen LogP contribution < -0.4 is 5.32 Å². The lowest BCUT2D eigenvalue weighted by Crippen LogP contribution is -2.43. The normalized spacial score (nSPS) is 17.9. The van der Waals surface area contributed by atoms with Gasteiger partial charge in [0.05, 0.1) is 5.69 Å². The molecule has 0 unspecified atom stereocenters. The second-order valence-electron chi connectivity index (χ2n) is 4.04. The predicted octanol–water partition coefficient (Wildman–Crippen LogP) is 1.05. The van der Waals surface area contributed by atoms with Gasteiger partial charge >= 0.3 is 0 Å². The molecule has 2 rings (SSSR count). The molecule has 3 nitrogen and oxygen atoms in total. The maximum atomic E-state index is 4.48. The number of nitrogens with one attached hydrogen (secondary N) is 1. The van der Waals surface area contributed by atoms with Crippen molar-refractivity contribution in [2.45, 2.75) is 19.9 Å². The van der Waals surface area contributed by atoms with Crippen LogP contribution in [0, 0.1) is 0 Å². The van der Waals surface area contributed by atoms with Crippen LogP contribution in [0.5, 0.6) is 0 Å². The van der Waals surface area contributed by atoms with Gasteiger partial charge in [-0.1, -0.05) is 13.0 Å². The van der Waals surface area contributed by atoms with Crippen molar-refractivity contribution in [3.63, 3.8) is 0 Å². The molecule has 0 aliphatic carbocycles. The van der Waals surface area contributed by atoms with Crippen molar-refractivity contribution in [2.75, 3.05) is 26.2 Å². The zero-order valence-electron chi connectivity index (χ0n) is 9.37. The van der Waals surface area contributed by atoms with Crippen molar-refractivity contribution in [1.82, 2.24) is 15.2 Å². The van der Waals surface area contributed by atoms with Gasteiger partial charge in [-0.15, -0.1) is 0 Å². The lowest BCUT2D eigenvalue weighted by atomic mass is 10.2. The van der Waals surface area contributed by atoms with Crippen LogP contribution in [0.4, 0.5) is 0 Å². The summed E-state index contributed by atoms with van der Waals surface area (Å²) in [7, 11) is 0. The molecule has 1 aromatic heterocycles. The molecule has 1 aliphatic rings. The zero-order chi connectivity index (χ0) is 10.5. The summed E-state index contributed by atoms with van der Waals surface area (Å²) in [5, 5.41) is 3.36. The molecule has 0 amide bonds. The average molecular weight is 205 g/mol. The first-order valence-corrected chi connectivity index (χ1v) is 5.75. The fourth-order valence-electron chi connectivity index (χ4n) is 1.86. The highest BCUT2D eigenvalue weighted by atomic mass is 15.2. The van der Waals surface area contributed by atoms with E-state index in [0.717, 1.165) is 39.1 Å². The molecule has 1 saturated heterocycles. The highest BCUT2D eigenvalue weighted by Gasteiger charge is 2.09. The van der Waals surface area contributed by atoms with Crippen molar-refractivity contribution in [2.24, 2.45) is 0 Å². The lowest BCUT2D eigenvalue weighted by Gasteiger charge is -2.26. The molecule has 2 heterocycles. The number of hydrogen-bond donors (Lipinski definition) is 1. The largest absolute Gasteiger partial charge is 0.314 e. The maximum Gasteiger partial charge on any atom is 0.0544 e. The van der Waals surface area contributed by atoms with Crippen molar-refractivity contribution in [3.8, 4) is 0 Å². The van der Waals surface area contributed by atoms with E-state index in [2.05, 4.69) is 34.3 Å². The standard InChI is InChI=1S/C12H19N3/c1-2-11-3-4-12(14-9-11)10-15-7-5-13-6-8-15/h3-4,9,13H,2,5-8,10H2,1H3. The minimum Gasteiger partial charge on any atom is -0.314 e. The minimum absolute atomic E-state index is 0.992. The zero-order valence-corrected chi connectivity index (χ0v) is 9.37. The first-order chi connectivity index (χ1) is 7.38. The van der Waals surface area contributed by atoms with Gasteiger partial charge in [-0.05, 0) is 18.1 Å². The molecule has 0 aromatic carbocycles. The Morgan fingerprint density at radius 1 is 1.33 bits per heavy atom. The van der Waals surface area contributed by atoms with Crippen LogP contribution in [-0.4, -0.2) is 36.1 Å². The second-order valence-corrected chi connectivity index (χ2v) is 4.04. The van der Waals surface area contributed by atoms with E-state index in [0.29, 0.717) is 0 Å². The van der Waals surface area contributed by atoms with Crippen LogP contribution >= 0.6 is 0 Å². The third-order valence-corrected chi connectivity index (χ3v) is 2.89. The Labute approximate surface area is 91.5 Å². The Morgan fingerprint density at radius 3 is 2.73 bits per heavy atom. The van der Waals surface area contributed by atoms with Crippen molar-refractivity contribution in [3.05, 3.63) is 29.6 Å². The summed E-state index contributed by atoms with van der Waals surface area (Å²) in [6.45, 7) is 7.63. The van der Waals surface area contributed by atoms with Crippen LogP contribution in [-0.2, 0) is 13.0 Å². The molecule has 15 heavy (non-hydrogen) atoms. The van der Waals surface area contributed by atoms with E-state index >= 15 is 0 Å². The van der Waals surface area contributed by atoms with Crippen LogP contribution in [0.25, 0.3) is 0 Å². The van der Waals surface area contributed by atoms with Gasteiger partial charge in [0.1, 0.15) is 0 Å². The fourth-order valence-corrected chi connectivity index (χ4v) is 1.86. The highest BCUT2D eigenvalue weighted by Crippen LogP contribution is 2.05. The third-order valence-electron chi connectivity index (χ3n) is 2.89. The smallest absolute Gasteiger partial charge is 0.0544 e. The first-order valence-electron chi connectivity index (χ1n) is 5.75. The van der Waals surface area contributed by atoms with Gasteiger partial charge in [-0.25, -0.2) is 0 Å². The van der Waals surface area contributed by atoms with Gasteiger partial charge in [0.25, 0.3) is 0 Å². The Kier molecular flexibility index (Phi) is 3.69. The summed E-state index contributed by atoms with van der Waals surface area (Å²) in [4.78, 5) is 6.93. The number of aromatic nitrogens is 1. The summed E-state index contributed by atoms with van der Waals surface area (Å²) in [6, 6.07) is 4.34. The summed E-state index contributed by atoms with van der Waals surface area (Å²) in [5.74, 6) is 0. The molecule has 3 heteroatoms. The topological polar surface area (TPSA) is 28.2 Å². The van der Waals surface area contributed by atoms with E-state index in [9.17, 15) is 0 Å². The van der Waals surface area contributed by atoms with Gasteiger partial charge in [0, 0.05) is 38.9 Å². The van der Waals surface area contributed by atoms with E-state index in [1.165, 1.54) is 11.3 Å². The summed E-state index contributed by atoms with van der Waals surface area (Å²) in [5.41, 5.74) is 2.51. The lowest BCUT2D eigenvalue weighted by molar-refractivity contribution is 0.230. The molecule has 1 aliphatic heterocycles. The van der Waals surface area contributed by atoms with E-state index in [-0.39, 0.29) is 0 Å². The minimum atomic E-state index is 0.992. The number of rotatable bonds is 3. The summed E-state index contributed by atoms with van der Waals surface area (Å²) in [6.07, 6.45) is 3.07. The molecule has 0 atom stereocenters. The second kappa shape index (κ2) is 5.24. The van der Waals surface area contributed by atoms with Crippen LogP contribution in [0.3, 0.4) is 0 Å². The molecular formula is C12H19N3. The van der Waals surface area contributed by atoms with E-state index < -0.39 is 0 Å². The van der Waals surface area contributed by atoms with E-state index in [1.54, 1.807) is 0 Å². The molecule has 1 fully saturated rings. The highest BCUT2D eigenvalue weighted by molar-refractivity contribution is 5.13. The molecular weight excluding hydrogens is 186 g/mol. The van der Waals surface area contributed by atoms with Gasteiger partial charge in [-0.3, -0.25) is 9.88 Å². The molecule has 0 saturated carbocycles. The van der Waals surface area contributed by atoms with Crippen molar-refractivity contribution >= 4 is 0 Å². The van der Waals surface area contributed by atoms with Gasteiger partial charge in [-0.2, -0.15) is 0 Å². The maximum absolute atomic E-state index is 4.48. The Hall–Kier alpha value is -0.930.